The fraction of sp³-hybridized carbons (Fsp3) is 0.500. The normalized spacial score (nSPS) is 7.50. The highest BCUT2D eigenvalue weighted by Gasteiger charge is 1.89. The molecule has 0 fully saturated rings. The SMILES string of the molecule is O=COCO[N+](=O)[O-]. The molecule has 0 bridgehead atoms. The first-order chi connectivity index (χ1) is 3.77. The molecule has 0 heterocycles. The Bertz CT molecular complexity index is 90.4. The van der Waals surface area contributed by atoms with Crippen LogP contribution in [0.4, 0.5) is 0 Å². The van der Waals surface area contributed by atoms with Crippen LogP contribution < -0.4 is 0 Å². The zero-order valence-electron chi connectivity index (χ0n) is 3.77. The van der Waals surface area contributed by atoms with Gasteiger partial charge in [0, 0.05) is 0 Å². The Morgan fingerprint density at radius 3 is 2.75 bits per heavy atom. The minimum atomic E-state index is -1.05. The van der Waals surface area contributed by atoms with E-state index in [9.17, 15) is 14.9 Å². The predicted molar refractivity (Wildman–Crippen MR) is 20.1 cm³/mol. The van der Waals surface area contributed by atoms with Gasteiger partial charge in [-0.05, 0) is 0 Å². The van der Waals surface area contributed by atoms with Crippen LogP contribution in [0.25, 0.3) is 0 Å². The van der Waals surface area contributed by atoms with Crippen molar-refractivity contribution in [1.29, 1.82) is 0 Å². The summed E-state index contributed by atoms with van der Waals surface area (Å²) in [5, 5.41) is 8.21. The fourth-order valence-electron chi connectivity index (χ4n) is 0.101. The number of carbonyl (C=O) groups is 1. The maximum Gasteiger partial charge on any atom is 0.297 e. The Morgan fingerprint density at radius 1 is 1.75 bits per heavy atom. The summed E-state index contributed by atoms with van der Waals surface area (Å²) in [6.45, 7) is -0.583. The van der Waals surface area contributed by atoms with Crippen molar-refractivity contribution in [2.75, 3.05) is 6.79 Å². The van der Waals surface area contributed by atoms with Crippen LogP contribution in [0.15, 0.2) is 0 Å². The predicted octanol–water partition coefficient (Wildman–Crippen LogP) is -0.675. The number of hydrogen-bond acceptors (Lipinski definition) is 5. The first kappa shape index (κ1) is 6.67. The Labute approximate surface area is 44.1 Å². The standard InChI is InChI=1S/C2H3NO5/c4-1-7-2-8-3(5)6/h1H,2H2. The van der Waals surface area contributed by atoms with Gasteiger partial charge >= 0.3 is 0 Å². The third-order valence-electron chi connectivity index (χ3n) is 0.294. The van der Waals surface area contributed by atoms with Crippen LogP contribution in [0.1, 0.15) is 0 Å². The summed E-state index contributed by atoms with van der Waals surface area (Å²) in [5.74, 6) is 0. The average molecular weight is 121 g/mol. The topological polar surface area (TPSA) is 78.7 Å². The molecule has 0 spiro atoms. The van der Waals surface area contributed by atoms with E-state index >= 15 is 0 Å². The molecule has 0 N–H and O–H groups in total. The van der Waals surface area contributed by atoms with Gasteiger partial charge in [0.25, 0.3) is 11.6 Å². The van der Waals surface area contributed by atoms with Gasteiger partial charge in [-0.15, -0.1) is 10.1 Å². The monoisotopic (exact) mass is 121 g/mol. The molecule has 0 unspecified atom stereocenters. The summed E-state index contributed by atoms with van der Waals surface area (Å²) in [4.78, 5) is 22.1. The largest absolute Gasteiger partial charge is 0.440 e. The maximum absolute atomic E-state index is 9.26. The summed E-state index contributed by atoms with van der Waals surface area (Å²) in [6.07, 6.45) is 0. The molecule has 0 aromatic rings. The van der Waals surface area contributed by atoms with Gasteiger partial charge in [0.05, 0.1) is 0 Å². The highest BCUT2D eigenvalue weighted by molar-refractivity contribution is 5.36. The van der Waals surface area contributed by atoms with E-state index in [-0.39, 0.29) is 6.47 Å². The van der Waals surface area contributed by atoms with Crippen LogP contribution in [0.5, 0.6) is 0 Å². The van der Waals surface area contributed by atoms with Crippen LogP contribution in [0.3, 0.4) is 0 Å². The lowest BCUT2D eigenvalue weighted by Crippen LogP contribution is -2.04. The Hall–Kier alpha value is -1.33. The second kappa shape index (κ2) is 3.85. The number of ether oxygens (including phenoxy) is 1. The molecule has 6 heteroatoms. The molecule has 6 nitrogen and oxygen atoms in total. The summed E-state index contributed by atoms with van der Waals surface area (Å²) in [6, 6.07) is 0. The molecule has 0 amide bonds. The van der Waals surface area contributed by atoms with Crippen LogP contribution in [-0.2, 0) is 14.4 Å². The molecule has 0 saturated heterocycles. The van der Waals surface area contributed by atoms with E-state index in [0.29, 0.717) is 0 Å². The van der Waals surface area contributed by atoms with Crippen LogP contribution in [0, 0.1) is 10.1 Å². The van der Waals surface area contributed by atoms with Crippen molar-refractivity contribution in [3.8, 4) is 0 Å². The van der Waals surface area contributed by atoms with Crippen LogP contribution >= 0.6 is 0 Å². The maximum atomic E-state index is 9.26. The van der Waals surface area contributed by atoms with Crippen LogP contribution in [0.2, 0.25) is 0 Å². The first-order valence-corrected chi connectivity index (χ1v) is 1.60. The second-order valence-corrected chi connectivity index (χ2v) is 0.733. The second-order valence-electron chi connectivity index (χ2n) is 0.733. The van der Waals surface area contributed by atoms with Gasteiger partial charge in [-0.25, -0.2) is 0 Å². The Balaban J connectivity index is 2.93. The first-order valence-electron chi connectivity index (χ1n) is 1.60. The van der Waals surface area contributed by atoms with Crippen molar-refractivity contribution >= 4 is 6.47 Å². The molecular weight excluding hydrogens is 118 g/mol. The van der Waals surface area contributed by atoms with Crippen molar-refractivity contribution < 1.29 is 19.5 Å². The third-order valence-corrected chi connectivity index (χ3v) is 0.294. The van der Waals surface area contributed by atoms with E-state index in [1.807, 2.05) is 0 Å². The minimum absolute atomic E-state index is 0.0590. The summed E-state index contributed by atoms with van der Waals surface area (Å²) in [5.41, 5.74) is 0. The van der Waals surface area contributed by atoms with Gasteiger partial charge < -0.3 is 4.74 Å². The Morgan fingerprint density at radius 2 is 2.38 bits per heavy atom. The van der Waals surface area contributed by atoms with E-state index in [0.717, 1.165) is 0 Å². The fourth-order valence-corrected chi connectivity index (χ4v) is 0.101. The number of rotatable bonds is 4. The molecule has 0 aromatic carbocycles. The van der Waals surface area contributed by atoms with Gasteiger partial charge in [-0.2, -0.15) is 0 Å². The van der Waals surface area contributed by atoms with Crippen molar-refractivity contribution in [2.24, 2.45) is 0 Å². The van der Waals surface area contributed by atoms with Crippen molar-refractivity contribution in [3.63, 3.8) is 0 Å². The van der Waals surface area contributed by atoms with Crippen LogP contribution in [-0.4, -0.2) is 18.4 Å². The molecule has 0 radical (unpaired) electrons. The van der Waals surface area contributed by atoms with Gasteiger partial charge in [-0.1, -0.05) is 0 Å². The minimum Gasteiger partial charge on any atom is -0.440 e. The van der Waals surface area contributed by atoms with Crippen molar-refractivity contribution in [1.82, 2.24) is 0 Å². The van der Waals surface area contributed by atoms with E-state index in [2.05, 4.69) is 9.57 Å². The zero-order chi connectivity index (χ0) is 6.41. The molecule has 8 heavy (non-hydrogen) atoms. The zero-order valence-corrected chi connectivity index (χ0v) is 3.77. The molecular formula is C2H3NO5. The molecule has 0 saturated carbocycles. The molecule has 0 rings (SSSR count). The lowest BCUT2D eigenvalue weighted by molar-refractivity contribution is -0.765. The molecule has 0 aliphatic carbocycles. The third kappa shape index (κ3) is 4.67. The average Bonchev–Trinajstić information content (AvgIpc) is 1.66. The van der Waals surface area contributed by atoms with Crippen molar-refractivity contribution in [2.45, 2.75) is 0 Å². The summed E-state index contributed by atoms with van der Waals surface area (Å²) in [7, 11) is 0. The molecule has 46 valence electrons. The highest BCUT2D eigenvalue weighted by Crippen LogP contribution is 1.72. The highest BCUT2D eigenvalue weighted by atomic mass is 17.0. The number of hydrogen-bond donors (Lipinski definition) is 0. The summed E-state index contributed by atoms with van der Waals surface area (Å²) >= 11 is 0. The molecule has 0 aliphatic rings. The smallest absolute Gasteiger partial charge is 0.297 e. The lowest BCUT2D eigenvalue weighted by atomic mass is 11.4. The van der Waals surface area contributed by atoms with E-state index in [4.69, 9.17) is 0 Å². The molecule has 0 atom stereocenters. The van der Waals surface area contributed by atoms with Gasteiger partial charge in [0.1, 0.15) is 0 Å². The molecule has 0 aliphatic heterocycles. The van der Waals surface area contributed by atoms with E-state index in [1.54, 1.807) is 0 Å². The Kier molecular flexibility index (Phi) is 3.21. The number of carbonyl (C=O) groups excluding carboxylic acids is 1. The van der Waals surface area contributed by atoms with E-state index < -0.39 is 11.9 Å². The van der Waals surface area contributed by atoms with Crippen molar-refractivity contribution in [3.05, 3.63) is 10.1 Å². The quantitative estimate of drug-likeness (QED) is 0.162. The van der Waals surface area contributed by atoms with Gasteiger partial charge in [-0.3, -0.25) is 9.63 Å². The van der Waals surface area contributed by atoms with Gasteiger partial charge in [0.2, 0.25) is 6.79 Å². The number of nitrogens with zero attached hydrogens (tertiary/aromatic N) is 1. The molecule has 0 aromatic heterocycles. The van der Waals surface area contributed by atoms with E-state index in [1.165, 1.54) is 0 Å². The summed E-state index contributed by atoms with van der Waals surface area (Å²) < 4.78 is 3.80. The lowest BCUT2D eigenvalue weighted by Gasteiger charge is -1.91. The van der Waals surface area contributed by atoms with Gasteiger partial charge in [0.15, 0.2) is 0 Å².